The van der Waals surface area contributed by atoms with Crippen molar-refractivity contribution in [1.82, 2.24) is 0 Å². The van der Waals surface area contributed by atoms with Crippen LogP contribution in [0.25, 0.3) is 0 Å². The molecule has 1 N–H and O–H groups in total. The van der Waals surface area contributed by atoms with E-state index < -0.39 is 5.97 Å². The molecule has 0 saturated heterocycles. The zero-order valence-corrected chi connectivity index (χ0v) is 10.8. The number of aryl methyl sites for hydroxylation is 1. The Kier molecular flexibility index (Phi) is 4.32. The molecule has 1 amide bonds. The lowest BCUT2D eigenvalue weighted by Gasteiger charge is -2.03. The molecule has 0 unspecified atom stereocenters. The van der Waals surface area contributed by atoms with Crippen molar-refractivity contribution in [3.05, 3.63) is 15.3 Å². The Balaban J connectivity index is 3.07. The monoisotopic (exact) mass is 261 g/mol. The molecule has 0 spiro atoms. The van der Waals surface area contributed by atoms with Gasteiger partial charge in [-0.2, -0.15) is 0 Å². The van der Waals surface area contributed by atoms with Crippen molar-refractivity contribution in [2.24, 2.45) is 0 Å². The molecule has 4 nitrogen and oxygen atoms in total. The summed E-state index contributed by atoms with van der Waals surface area (Å²) in [6, 6.07) is 0. The molecule has 1 aromatic rings. The number of alkyl halides is 1. The van der Waals surface area contributed by atoms with Crippen LogP contribution in [-0.4, -0.2) is 24.9 Å². The van der Waals surface area contributed by atoms with Gasteiger partial charge in [-0.3, -0.25) is 4.79 Å². The molecule has 0 aromatic carbocycles. The first-order valence-electron chi connectivity index (χ1n) is 4.55. The van der Waals surface area contributed by atoms with Gasteiger partial charge >= 0.3 is 5.97 Å². The largest absolute Gasteiger partial charge is 0.465 e. The van der Waals surface area contributed by atoms with Crippen LogP contribution >= 0.6 is 22.9 Å². The topological polar surface area (TPSA) is 55.4 Å². The average molecular weight is 262 g/mol. The van der Waals surface area contributed by atoms with Crippen LogP contribution in [0.5, 0.6) is 0 Å². The lowest BCUT2D eigenvalue weighted by atomic mass is 10.2. The van der Waals surface area contributed by atoms with Crippen molar-refractivity contribution in [3.63, 3.8) is 0 Å². The van der Waals surface area contributed by atoms with E-state index in [4.69, 9.17) is 11.6 Å². The van der Waals surface area contributed by atoms with Gasteiger partial charge in [0.15, 0.2) is 0 Å². The highest BCUT2D eigenvalue weighted by molar-refractivity contribution is 7.14. The van der Waals surface area contributed by atoms with Crippen LogP contribution in [-0.2, 0) is 9.53 Å². The SMILES string of the molecule is COC(=O)c1sc(C)c(NC(=O)CCl)c1C. The zero-order chi connectivity index (χ0) is 12.3. The van der Waals surface area contributed by atoms with E-state index in [0.717, 1.165) is 4.88 Å². The van der Waals surface area contributed by atoms with Crippen molar-refractivity contribution in [2.45, 2.75) is 13.8 Å². The number of rotatable bonds is 3. The molecule has 0 bridgehead atoms. The smallest absolute Gasteiger partial charge is 0.348 e. The van der Waals surface area contributed by atoms with Crippen LogP contribution in [0.2, 0.25) is 0 Å². The molecule has 6 heteroatoms. The van der Waals surface area contributed by atoms with Crippen LogP contribution in [0.4, 0.5) is 5.69 Å². The van der Waals surface area contributed by atoms with Crippen molar-refractivity contribution in [3.8, 4) is 0 Å². The molecule has 0 atom stereocenters. The van der Waals surface area contributed by atoms with Gasteiger partial charge in [0.25, 0.3) is 0 Å². The number of methoxy groups -OCH3 is 1. The van der Waals surface area contributed by atoms with Gasteiger partial charge in [0.05, 0.1) is 12.8 Å². The molecule has 0 radical (unpaired) electrons. The second-order valence-corrected chi connectivity index (χ2v) is 4.65. The predicted octanol–water partition coefficient (Wildman–Crippen LogP) is 2.33. The minimum Gasteiger partial charge on any atom is -0.465 e. The number of hydrogen-bond acceptors (Lipinski definition) is 4. The Labute approximate surface area is 103 Å². The Morgan fingerprint density at radius 3 is 2.56 bits per heavy atom. The number of halogens is 1. The summed E-state index contributed by atoms with van der Waals surface area (Å²) < 4.78 is 4.65. The minimum atomic E-state index is -0.392. The molecule has 0 aliphatic rings. The van der Waals surface area contributed by atoms with E-state index >= 15 is 0 Å². The van der Waals surface area contributed by atoms with E-state index in [-0.39, 0.29) is 11.8 Å². The average Bonchev–Trinajstić information content (AvgIpc) is 2.55. The number of carbonyl (C=O) groups is 2. The highest BCUT2D eigenvalue weighted by atomic mass is 35.5. The summed E-state index contributed by atoms with van der Waals surface area (Å²) in [5, 5.41) is 2.66. The van der Waals surface area contributed by atoms with Crippen molar-refractivity contribution < 1.29 is 14.3 Å². The fourth-order valence-corrected chi connectivity index (χ4v) is 2.40. The maximum Gasteiger partial charge on any atom is 0.348 e. The second-order valence-electron chi connectivity index (χ2n) is 3.16. The molecule has 1 aromatic heterocycles. The number of hydrogen-bond donors (Lipinski definition) is 1. The third-order valence-corrected chi connectivity index (χ3v) is 3.51. The molecular weight excluding hydrogens is 250 g/mol. The van der Waals surface area contributed by atoms with Crippen molar-refractivity contribution >= 4 is 40.5 Å². The zero-order valence-electron chi connectivity index (χ0n) is 9.22. The quantitative estimate of drug-likeness (QED) is 0.671. The Morgan fingerprint density at radius 2 is 2.06 bits per heavy atom. The van der Waals surface area contributed by atoms with Gasteiger partial charge in [0.1, 0.15) is 10.8 Å². The third kappa shape index (κ3) is 2.54. The molecule has 0 aliphatic carbocycles. The maximum absolute atomic E-state index is 11.4. The molecular formula is C10H12ClNO3S. The Bertz CT molecular complexity index is 428. The van der Waals surface area contributed by atoms with Gasteiger partial charge in [-0.15, -0.1) is 22.9 Å². The molecule has 1 heterocycles. The normalized spacial score (nSPS) is 10.0. The van der Waals surface area contributed by atoms with Gasteiger partial charge in [0.2, 0.25) is 5.91 Å². The number of amides is 1. The summed E-state index contributed by atoms with van der Waals surface area (Å²) in [4.78, 5) is 23.9. The molecule has 88 valence electrons. The summed E-state index contributed by atoms with van der Waals surface area (Å²) in [5.74, 6) is -0.790. The molecule has 0 saturated carbocycles. The number of ether oxygens (including phenoxy) is 1. The van der Waals surface area contributed by atoms with Gasteiger partial charge in [-0.25, -0.2) is 4.79 Å². The second kappa shape index (κ2) is 5.32. The van der Waals surface area contributed by atoms with Crippen molar-refractivity contribution in [2.75, 3.05) is 18.3 Å². The first-order chi connectivity index (χ1) is 7.51. The van der Waals surface area contributed by atoms with Gasteiger partial charge in [-0.1, -0.05) is 0 Å². The molecule has 16 heavy (non-hydrogen) atoms. The summed E-state index contributed by atoms with van der Waals surface area (Å²) in [6.45, 7) is 3.59. The number of thiophene rings is 1. The third-order valence-electron chi connectivity index (χ3n) is 2.08. The summed E-state index contributed by atoms with van der Waals surface area (Å²) in [6.07, 6.45) is 0. The minimum absolute atomic E-state index is 0.109. The maximum atomic E-state index is 11.4. The van der Waals surface area contributed by atoms with Crippen LogP contribution in [0, 0.1) is 13.8 Å². The fourth-order valence-electron chi connectivity index (χ4n) is 1.30. The van der Waals surface area contributed by atoms with Crippen LogP contribution < -0.4 is 5.32 Å². The van der Waals surface area contributed by atoms with E-state index in [2.05, 4.69) is 10.1 Å². The Morgan fingerprint density at radius 1 is 1.44 bits per heavy atom. The molecule has 1 rings (SSSR count). The summed E-state index contributed by atoms with van der Waals surface area (Å²) in [5.41, 5.74) is 1.36. The number of nitrogens with one attached hydrogen (secondary N) is 1. The number of anilines is 1. The Hall–Kier alpha value is -1.07. The van der Waals surface area contributed by atoms with Gasteiger partial charge in [0, 0.05) is 4.88 Å². The first kappa shape index (κ1) is 13.0. The van der Waals surface area contributed by atoms with E-state index in [0.29, 0.717) is 16.1 Å². The standard InChI is InChI=1S/C10H12ClNO3S/c1-5-8(12-7(13)4-11)6(2)16-9(5)10(14)15-3/h4H2,1-3H3,(H,12,13). The van der Waals surface area contributed by atoms with E-state index in [1.807, 2.05) is 6.92 Å². The first-order valence-corrected chi connectivity index (χ1v) is 5.90. The lowest BCUT2D eigenvalue weighted by Crippen LogP contribution is -2.13. The summed E-state index contributed by atoms with van der Waals surface area (Å²) in [7, 11) is 1.33. The van der Waals surface area contributed by atoms with E-state index in [1.54, 1.807) is 6.92 Å². The number of esters is 1. The highest BCUT2D eigenvalue weighted by Crippen LogP contribution is 2.32. The van der Waals surface area contributed by atoms with Crippen LogP contribution in [0.15, 0.2) is 0 Å². The van der Waals surface area contributed by atoms with E-state index in [1.165, 1.54) is 18.4 Å². The van der Waals surface area contributed by atoms with Crippen LogP contribution in [0.3, 0.4) is 0 Å². The van der Waals surface area contributed by atoms with Crippen LogP contribution in [0.1, 0.15) is 20.1 Å². The van der Waals surface area contributed by atoms with Crippen molar-refractivity contribution in [1.29, 1.82) is 0 Å². The molecule has 0 fully saturated rings. The van der Waals surface area contributed by atoms with Gasteiger partial charge < -0.3 is 10.1 Å². The fraction of sp³-hybridized carbons (Fsp3) is 0.400. The lowest BCUT2D eigenvalue weighted by molar-refractivity contribution is -0.113. The predicted molar refractivity (Wildman–Crippen MR) is 64.5 cm³/mol. The number of carbonyl (C=O) groups excluding carboxylic acids is 2. The van der Waals surface area contributed by atoms with Gasteiger partial charge in [-0.05, 0) is 19.4 Å². The highest BCUT2D eigenvalue weighted by Gasteiger charge is 2.19. The summed E-state index contributed by atoms with van der Waals surface area (Å²) >= 11 is 6.70. The molecule has 0 aliphatic heterocycles. The van der Waals surface area contributed by atoms with E-state index in [9.17, 15) is 9.59 Å².